The van der Waals surface area contributed by atoms with Gasteiger partial charge in [-0.25, -0.2) is 0 Å². The topological polar surface area (TPSA) is 26.3 Å². The Hall–Kier alpha value is 0.0600. The normalized spacial score (nSPS) is 16.7. The van der Waals surface area contributed by atoms with E-state index in [0.29, 0.717) is 21.1 Å². The van der Waals surface area contributed by atoms with E-state index < -0.39 is 0 Å². The standard InChI is InChI=1S/C9H19O2P/c1-5-9(11-12-4)7(2)6-8(3)10/h7,9,12H,5-6H2,1-4H3/t7-,9?/m0/s1. The molecule has 0 radical (unpaired) electrons. The maximum atomic E-state index is 10.8. The Kier molecular flexibility index (Phi) is 6.60. The van der Waals surface area contributed by atoms with Gasteiger partial charge in [0, 0.05) is 15.2 Å². The van der Waals surface area contributed by atoms with Crippen LogP contribution >= 0.6 is 8.81 Å². The molecule has 0 heterocycles. The smallest absolute Gasteiger partial charge is 0.130 e. The summed E-state index contributed by atoms with van der Waals surface area (Å²) in [5, 5.41) is 0. The molecule has 0 N–H and O–H groups in total. The van der Waals surface area contributed by atoms with E-state index in [-0.39, 0.29) is 11.9 Å². The summed E-state index contributed by atoms with van der Waals surface area (Å²) >= 11 is 0. The summed E-state index contributed by atoms with van der Waals surface area (Å²) in [5.41, 5.74) is 0. The van der Waals surface area contributed by atoms with Crippen LogP contribution in [0.3, 0.4) is 0 Å². The van der Waals surface area contributed by atoms with Gasteiger partial charge in [0.1, 0.15) is 5.78 Å². The van der Waals surface area contributed by atoms with E-state index in [2.05, 4.69) is 13.8 Å². The summed E-state index contributed by atoms with van der Waals surface area (Å²) in [6, 6.07) is 0. The first-order valence-corrected chi connectivity index (χ1v) is 5.84. The fourth-order valence-electron chi connectivity index (χ4n) is 1.34. The van der Waals surface area contributed by atoms with Gasteiger partial charge >= 0.3 is 0 Å². The highest BCUT2D eigenvalue weighted by molar-refractivity contribution is 7.31. The number of Topliss-reactive ketones (excluding diaryl/α,β-unsaturated/α-hetero) is 1. The molecule has 2 unspecified atom stereocenters. The molecule has 3 heteroatoms. The quantitative estimate of drug-likeness (QED) is 0.602. The van der Waals surface area contributed by atoms with Crippen LogP contribution in [0.4, 0.5) is 0 Å². The van der Waals surface area contributed by atoms with Crippen molar-refractivity contribution in [1.29, 1.82) is 0 Å². The lowest BCUT2D eigenvalue weighted by Crippen LogP contribution is -2.20. The van der Waals surface area contributed by atoms with E-state index in [1.807, 2.05) is 6.66 Å². The Bertz CT molecular complexity index is 136. The number of ketones is 1. The van der Waals surface area contributed by atoms with Crippen LogP contribution in [-0.2, 0) is 9.32 Å². The molecule has 0 rings (SSSR count). The van der Waals surface area contributed by atoms with Gasteiger partial charge in [0.2, 0.25) is 0 Å². The molecular weight excluding hydrogens is 171 g/mol. The molecule has 0 bridgehead atoms. The number of hydrogen-bond donors (Lipinski definition) is 0. The van der Waals surface area contributed by atoms with Gasteiger partial charge in [-0.3, -0.25) is 0 Å². The summed E-state index contributed by atoms with van der Waals surface area (Å²) in [5.74, 6) is 0.615. The maximum Gasteiger partial charge on any atom is 0.130 e. The van der Waals surface area contributed by atoms with E-state index in [9.17, 15) is 4.79 Å². The highest BCUT2D eigenvalue weighted by Crippen LogP contribution is 2.21. The van der Waals surface area contributed by atoms with Gasteiger partial charge in [0.25, 0.3) is 0 Å². The van der Waals surface area contributed by atoms with Crippen LogP contribution in [-0.4, -0.2) is 18.6 Å². The lowest BCUT2D eigenvalue weighted by molar-refractivity contribution is -0.118. The van der Waals surface area contributed by atoms with E-state index in [1.54, 1.807) is 6.92 Å². The van der Waals surface area contributed by atoms with E-state index in [4.69, 9.17) is 4.52 Å². The predicted octanol–water partition coefficient (Wildman–Crippen LogP) is 2.62. The van der Waals surface area contributed by atoms with Gasteiger partial charge in [-0.15, -0.1) is 0 Å². The van der Waals surface area contributed by atoms with Crippen LogP contribution in [0.25, 0.3) is 0 Å². The minimum Gasteiger partial charge on any atom is -0.359 e. The van der Waals surface area contributed by atoms with E-state index >= 15 is 0 Å². The van der Waals surface area contributed by atoms with Gasteiger partial charge in [-0.05, 0) is 25.9 Å². The lowest BCUT2D eigenvalue weighted by Gasteiger charge is -2.21. The van der Waals surface area contributed by atoms with Crippen molar-refractivity contribution in [3.8, 4) is 0 Å². The van der Waals surface area contributed by atoms with Crippen molar-refractivity contribution >= 4 is 14.6 Å². The van der Waals surface area contributed by atoms with Crippen LogP contribution in [0.15, 0.2) is 0 Å². The second-order valence-electron chi connectivity index (χ2n) is 3.15. The predicted molar refractivity (Wildman–Crippen MR) is 53.9 cm³/mol. The van der Waals surface area contributed by atoms with Gasteiger partial charge in [0.15, 0.2) is 0 Å². The van der Waals surface area contributed by atoms with E-state index in [1.165, 1.54) is 0 Å². The minimum absolute atomic E-state index is 0.254. The fraction of sp³-hybridized carbons (Fsp3) is 0.889. The summed E-state index contributed by atoms with van der Waals surface area (Å²) in [7, 11) is 0.523. The number of carbonyl (C=O) groups is 1. The second kappa shape index (κ2) is 6.56. The van der Waals surface area contributed by atoms with Crippen LogP contribution in [0.5, 0.6) is 0 Å². The average molecular weight is 190 g/mol. The molecule has 0 saturated heterocycles. The van der Waals surface area contributed by atoms with Crippen LogP contribution in [0.2, 0.25) is 0 Å². The number of carbonyl (C=O) groups excluding carboxylic acids is 1. The van der Waals surface area contributed by atoms with Crippen molar-refractivity contribution in [1.82, 2.24) is 0 Å². The molecular formula is C9H19O2P. The Morgan fingerprint density at radius 2 is 2.17 bits per heavy atom. The first kappa shape index (κ1) is 12.1. The molecule has 12 heavy (non-hydrogen) atoms. The van der Waals surface area contributed by atoms with Crippen LogP contribution < -0.4 is 0 Å². The molecule has 0 aromatic heterocycles. The highest BCUT2D eigenvalue weighted by Gasteiger charge is 2.16. The SMILES string of the molecule is CCC(OPC)[C@@H](C)CC(C)=O. The third-order valence-electron chi connectivity index (χ3n) is 1.92. The van der Waals surface area contributed by atoms with Crippen LogP contribution in [0, 0.1) is 5.92 Å². The molecule has 0 amide bonds. The Balaban J connectivity index is 3.84. The Labute approximate surface area is 76.9 Å². The molecule has 0 aliphatic heterocycles. The summed E-state index contributed by atoms with van der Waals surface area (Å²) in [4.78, 5) is 10.8. The maximum absolute atomic E-state index is 10.8. The molecule has 0 aliphatic rings. The van der Waals surface area contributed by atoms with Crippen LogP contribution in [0.1, 0.15) is 33.6 Å². The van der Waals surface area contributed by atoms with Gasteiger partial charge in [-0.1, -0.05) is 13.8 Å². The summed E-state index contributed by atoms with van der Waals surface area (Å²) in [6.07, 6.45) is 1.90. The Morgan fingerprint density at radius 3 is 2.50 bits per heavy atom. The molecule has 0 spiro atoms. The van der Waals surface area contributed by atoms with Crippen molar-refractivity contribution < 1.29 is 9.32 Å². The zero-order valence-electron chi connectivity index (χ0n) is 8.39. The number of rotatable bonds is 6. The third-order valence-corrected chi connectivity index (χ3v) is 2.45. The first-order valence-electron chi connectivity index (χ1n) is 4.43. The average Bonchev–Trinajstić information content (AvgIpc) is 1.98. The molecule has 0 aliphatic carbocycles. The fourth-order valence-corrected chi connectivity index (χ4v) is 2.04. The highest BCUT2D eigenvalue weighted by atomic mass is 31.1. The third kappa shape index (κ3) is 4.84. The van der Waals surface area contributed by atoms with Crippen molar-refractivity contribution in [2.45, 2.75) is 39.7 Å². The minimum atomic E-state index is 0.254. The molecule has 0 fully saturated rings. The zero-order chi connectivity index (χ0) is 9.56. The van der Waals surface area contributed by atoms with Gasteiger partial charge in [-0.2, -0.15) is 0 Å². The first-order chi connectivity index (χ1) is 5.61. The van der Waals surface area contributed by atoms with E-state index in [0.717, 1.165) is 6.42 Å². The molecule has 2 nitrogen and oxygen atoms in total. The second-order valence-corrected chi connectivity index (χ2v) is 3.80. The Morgan fingerprint density at radius 1 is 1.58 bits per heavy atom. The molecule has 3 atom stereocenters. The molecule has 0 aromatic carbocycles. The molecule has 0 aromatic rings. The molecule has 0 saturated carbocycles. The van der Waals surface area contributed by atoms with Crippen molar-refractivity contribution in [2.75, 3.05) is 6.66 Å². The zero-order valence-corrected chi connectivity index (χ0v) is 9.39. The van der Waals surface area contributed by atoms with Crippen molar-refractivity contribution in [2.24, 2.45) is 5.92 Å². The molecule has 72 valence electrons. The van der Waals surface area contributed by atoms with Crippen molar-refractivity contribution in [3.63, 3.8) is 0 Å². The largest absolute Gasteiger partial charge is 0.359 e. The number of hydrogen-bond acceptors (Lipinski definition) is 2. The van der Waals surface area contributed by atoms with Gasteiger partial charge in [0.05, 0.1) is 6.10 Å². The van der Waals surface area contributed by atoms with Crippen molar-refractivity contribution in [3.05, 3.63) is 0 Å². The lowest BCUT2D eigenvalue weighted by atomic mass is 9.97. The summed E-state index contributed by atoms with van der Waals surface area (Å²) in [6.45, 7) is 7.83. The van der Waals surface area contributed by atoms with Gasteiger partial charge < -0.3 is 9.32 Å². The monoisotopic (exact) mass is 190 g/mol. The summed E-state index contributed by atoms with van der Waals surface area (Å²) < 4.78 is 5.53.